The summed E-state index contributed by atoms with van der Waals surface area (Å²) in [4.78, 5) is 6.80. The molecule has 0 saturated carbocycles. The second-order valence-corrected chi connectivity index (χ2v) is 5.62. The summed E-state index contributed by atoms with van der Waals surface area (Å²) in [5, 5.41) is 3.27. The summed E-state index contributed by atoms with van der Waals surface area (Å²) in [7, 11) is 0. The Morgan fingerprint density at radius 2 is 2.29 bits per heavy atom. The second kappa shape index (κ2) is 4.94. The van der Waals surface area contributed by atoms with Crippen molar-refractivity contribution >= 4 is 11.5 Å². The number of nitrogens with one attached hydrogen (secondary N) is 1. The van der Waals surface area contributed by atoms with Crippen LogP contribution in [0.25, 0.3) is 0 Å². The van der Waals surface area contributed by atoms with Gasteiger partial charge in [-0.2, -0.15) is 0 Å². The van der Waals surface area contributed by atoms with Crippen LogP contribution in [0, 0.1) is 5.41 Å². The van der Waals surface area contributed by atoms with Gasteiger partial charge in [0, 0.05) is 37.6 Å². The lowest BCUT2D eigenvalue weighted by Crippen LogP contribution is -2.40. The van der Waals surface area contributed by atoms with Gasteiger partial charge in [0.05, 0.1) is 0 Å². The summed E-state index contributed by atoms with van der Waals surface area (Å²) in [6.07, 6.45) is 4.51. The van der Waals surface area contributed by atoms with Crippen molar-refractivity contribution in [3.05, 3.63) is 18.3 Å². The van der Waals surface area contributed by atoms with E-state index in [2.05, 4.69) is 48.1 Å². The van der Waals surface area contributed by atoms with Crippen molar-refractivity contribution in [1.82, 2.24) is 4.98 Å². The number of pyridine rings is 1. The first-order valence-electron chi connectivity index (χ1n) is 6.55. The number of nitrogens with zero attached hydrogens (tertiary/aromatic N) is 2. The van der Waals surface area contributed by atoms with Crippen molar-refractivity contribution in [2.45, 2.75) is 33.6 Å². The van der Waals surface area contributed by atoms with E-state index in [1.807, 2.05) is 6.20 Å². The summed E-state index contributed by atoms with van der Waals surface area (Å²) in [5.74, 6) is 0.980. The van der Waals surface area contributed by atoms with E-state index >= 15 is 0 Å². The fraction of sp³-hybridized carbons (Fsp3) is 0.643. The molecule has 1 aromatic heterocycles. The van der Waals surface area contributed by atoms with Gasteiger partial charge >= 0.3 is 0 Å². The van der Waals surface area contributed by atoms with E-state index in [0.717, 1.165) is 18.9 Å². The highest BCUT2D eigenvalue weighted by Gasteiger charge is 2.26. The maximum absolute atomic E-state index is 4.32. The van der Waals surface area contributed by atoms with Crippen molar-refractivity contribution in [3.8, 4) is 0 Å². The molecule has 94 valence electrons. The highest BCUT2D eigenvalue weighted by atomic mass is 15.1. The van der Waals surface area contributed by atoms with Gasteiger partial charge in [-0.15, -0.1) is 0 Å². The third-order valence-corrected chi connectivity index (χ3v) is 3.37. The minimum absolute atomic E-state index is 0.430. The van der Waals surface area contributed by atoms with Crippen LogP contribution in [0.3, 0.4) is 0 Å². The first-order chi connectivity index (χ1) is 8.11. The Bertz CT molecular complexity index is 373. The first-order valence-corrected chi connectivity index (χ1v) is 6.55. The van der Waals surface area contributed by atoms with Gasteiger partial charge in [0.25, 0.3) is 0 Å². The largest absolute Gasteiger partial charge is 0.371 e. The van der Waals surface area contributed by atoms with E-state index in [0.29, 0.717) is 5.41 Å². The molecule has 0 radical (unpaired) electrons. The van der Waals surface area contributed by atoms with E-state index in [1.165, 1.54) is 25.1 Å². The van der Waals surface area contributed by atoms with E-state index < -0.39 is 0 Å². The average molecular weight is 233 g/mol. The molecule has 1 aromatic rings. The molecule has 0 aromatic carbocycles. The molecule has 3 nitrogen and oxygen atoms in total. The molecule has 3 heteroatoms. The summed E-state index contributed by atoms with van der Waals surface area (Å²) in [6, 6.07) is 4.27. The predicted octanol–water partition coefficient (Wildman–Crippen LogP) is 3.14. The molecule has 1 aliphatic heterocycles. The summed E-state index contributed by atoms with van der Waals surface area (Å²) in [5.41, 5.74) is 1.73. The van der Waals surface area contributed by atoms with Gasteiger partial charge in [0.1, 0.15) is 5.82 Å². The van der Waals surface area contributed by atoms with Crippen LogP contribution >= 0.6 is 0 Å². The molecule has 0 unspecified atom stereocenters. The number of aromatic nitrogens is 1. The van der Waals surface area contributed by atoms with Crippen LogP contribution in [0.2, 0.25) is 0 Å². The average Bonchev–Trinajstić information content (AvgIpc) is 2.28. The third-order valence-electron chi connectivity index (χ3n) is 3.37. The number of rotatable bonds is 3. The fourth-order valence-electron chi connectivity index (χ4n) is 2.54. The van der Waals surface area contributed by atoms with Gasteiger partial charge in [-0.3, -0.25) is 0 Å². The van der Waals surface area contributed by atoms with Crippen molar-refractivity contribution in [2.75, 3.05) is 29.9 Å². The standard InChI is InChI=1S/C14H23N3/c1-4-15-13-10-12(6-8-16-13)17-9-5-7-14(2,3)11-17/h6,8,10H,4-5,7,9,11H2,1-3H3,(H,15,16). The van der Waals surface area contributed by atoms with Gasteiger partial charge < -0.3 is 10.2 Å². The Balaban J connectivity index is 2.13. The quantitative estimate of drug-likeness (QED) is 0.869. The highest BCUT2D eigenvalue weighted by Crippen LogP contribution is 2.31. The molecule has 0 amide bonds. The van der Waals surface area contributed by atoms with Crippen molar-refractivity contribution in [3.63, 3.8) is 0 Å². The SMILES string of the molecule is CCNc1cc(N2CCCC(C)(C)C2)ccn1. The van der Waals surface area contributed by atoms with Crippen LogP contribution in [-0.4, -0.2) is 24.6 Å². The molecule has 1 N–H and O–H groups in total. The minimum Gasteiger partial charge on any atom is -0.371 e. The Morgan fingerprint density at radius 1 is 1.47 bits per heavy atom. The van der Waals surface area contributed by atoms with E-state index in [4.69, 9.17) is 0 Å². The molecule has 17 heavy (non-hydrogen) atoms. The molecule has 1 saturated heterocycles. The van der Waals surface area contributed by atoms with Crippen LogP contribution in [-0.2, 0) is 0 Å². The molecular formula is C14H23N3. The molecule has 0 bridgehead atoms. The van der Waals surface area contributed by atoms with Gasteiger partial charge in [-0.05, 0) is 31.2 Å². The topological polar surface area (TPSA) is 28.2 Å². The van der Waals surface area contributed by atoms with E-state index in [9.17, 15) is 0 Å². The highest BCUT2D eigenvalue weighted by molar-refractivity contribution is 5.54. The second-order valence-electron chi connectivity index (χ2n) is 5.62. The first kappa shape index (κ1) is 12.2. The predicted molar refractivity (Wildman–Crippen MR) is 73.6 cm³/mol. The molecule has 0 atom stereocenters. The number of piperidine rings is 1. The Morgan fingerprint density at radius 3 is 3.00 bits per heavy atom. The number of hydrogen-bond acceptors (Lipinski definition) is 3. The molecule has 0 aliphatic carbocycles. The Hall–Kier alpha value is -1.25. The molecule has 2 rings (SSSR count). The molecular weight excluding hydrogens is 210 g/mol. The maximum atomic E-state index is 4.32. The van der Waals surface area contributed by atoms with Crippen LogP contribution in [0.1, 0.15) is 33.6 Å². The summed E-state index contributed by atoms with van der Waals surface area (Å²) < 4.78 is 0. The Kier molecular flexibility index (Phi) is 3.55. The van der Waals surface area contributed by atoms with Crippen LogP contribution < -0.4 is 10.2 Å². The summed E-state index contributed by atoms with van der Waals surface area (Å²) >= 11 is 0. The van der Waals surface area contributed by atoms with Gasteiger partial charge in [-0.25, -0.2) is 4.98 Å². The van der Waals surface area contributed by atoms with Crippen LogP contribution in [0.4, 0.5) is 11.5 Å². The lowest BCUT2D eigenvalue weighted by atomic mass is 9.84. The normalized spacial score (nSPS) is 19.1. The zero-order chi connectivity index (χ0) is 12.3. The van der Waals surface area contributed by atoms with Crippen molar-refractivity contribution in [1.29, 1.82) is 0 Å². The van der Waals surface area contributed by atoms with E-state index in [1.54, 1.807) is 0 Å². The van der Waals surface area contributed by atoms with Crippen LogP contribution in [0.5, 0.6) is 0 Å². The zero-order valence-electron chi connectivity index (χ0n) is 11.2. The lowest BCUT2D eigenvalue weighted by molar-refractivity contribution is 0.293. The summed E-state index contributed by atoms with van der Waals surface area (Å²) in [6.45, 7) is 10.0. The lowest BCUT2D eigenvalue weighted by Gasteiger charge is -2.39. The smallest absolute Gasteiger partial charge is 0.127 e. The van der Waals surface area contributed by atoms with Crippen molar-refractivity contribution in [2.24, 2.45) is 5.41 Å². The fourth-order valence-corrected chi connectivity index (χ4v) is 2.54. The molecule has 1 fully saturated rings. The Labute approximate surface area is 104 Å². The molecule has 0 spiro atoms. The van der Waals surface area contributed by atoms with Crippen LogP contribution in [0.15, 0.2) is 18.3 Å². The third kappa shape index (κ3) is 3.11. The molecule has 2 heterocycles. The van der Waals surface area contributed by atoms with Crippen molar-refractivity contribution < 1.29 is 0 Å². The number of anilines is 2. The van der Waals surface area contributed by atoms with Gasteiger partial charge in [-0.1, -0.05) is 13.8 Å². The minimum atomic E-state index is 0.430. The van der Waals surface area contributed by atoms with Gasteiger partial charge in [0.15, 0.2) is 0 Å². The zero-order valence-corrected chi connectivity index (χ0v) is 11.2. The molecule has 1 aliphatic rings. The number of hydrogen-bond donors (Lipinski definition) is 1. The van der Waals surface area contributed by atoms with Gasteiger partial charge in [0.2, 0.25) is 0 Å². The monoisotopic (exact) mass is 233 g/mol. The van der Waals surface area contributed by atoms with E-state index in [-0.39, 0.29) is 0 Å². The maximum Gasteiger partial charge on any atom is 0.127 e.